The molecule has 0 aliphatic carbocycles. The van der Waals surface area contributed by atoms with Crippen LogP contribution in [-0.2, 0) is 57.2 Å². The van der Waals surface area contributed by atoms with E-state index in [1.165, 1.54) is 0 Å². The van der Waals surface area contributed by atoms with E-state index in [0.717, 1.165) is 28.7 Å². The number of ether oxygens (including phenoxy) is 1. The Labute approximate surface area is 514 Å². The Morgan fingerprint density at radius 3 is 2.13 bits per heavy atom. The van der Waals surface area contributed by atoms with E-state index in [9.17, 15) is 42.3 Å². The van der Waals surface area contributed by atoms with Crippen LogP contribution in [0.25, 0.3) is 0 Å². The van der Waals surface area contributed by atoms with Gasteiger partial charge in [0.15, 0.2) is 0 Å². The van der Waals surface area contributed by atoms with Crippen LogP contribution in [0.3, 0.4) is 0 Å². The monoisotopic (exact) mass is 1230 g/mol. The minimum absolute atomic E-state index is 0.0419. The molecule has 0 radical (unpaired) electrons. The van der Waals surface area contributed by atoms with Crippen LogP contribution in [0.5, 0.6) is 5.75 Å². The molecule has 1 saturated heterocycles. The summed E-state index contributed by atoms with van der Waals surface area (Å²) in [6.45, 7) is 12.7. The van der Waals surface area contributed by atoms with Gasteiger partial charge in [-0.15, -0.1) is 0 Å². The molecule has 1 fully saturated rings. The van der Waals surface area contributed by atoms with Crippen molar-refractivity contribution in [1.82, 2.24) is 46.2 Å². The predicted molar refractivity (Wildman–Crippen MR) is 332 cm³/mol. The Morgan fingerprint density at radius 2 is 1.51 bits per heavy atom. The molecule has 0 unspecified atom stereocenters. The number of hydrogen-bond acceptors (Lipinski definition) is 13. The lowest BCUT2D eigenvalue weighted by atomic mass is 9.76. The number of carbonyl (C=O) groups excluding carboxylic acids is 5. The van der Waals surface area contributed by atoms with Gasteiger partial charge in [-0.3, -0.25) is 29.0 Å². The van der Waals surface area contributed by atoms with Gasteiger partial charge in [-0.2, -0.15) is 0 Å². The third-order valence-electron chi connectivity index (χ3n) is 16.3. The maximum absolute atomic E-state index is 14.4. The van der Waals surface area contributed by atoms with Crippen molar-refractivity contribution in [2.45, 2.75) is 159 Å². The van der Waals surface area contributed by atoms with E-state index >= 15 is 0 Å². The second kappa shape index (κ2) is 29.7. The molecule has 3 heterocycles. The first-order valence-corrected chi connectivity index (χ1v) is 31.5. The largest absolute Gasteiger partial charge is 0.487 e. The van der Waals surface area contributed by atoms with Crippen LogP contribution in [-0.4, -0.2) is 127 Å². The third kappa shape index (κ3) is 16.2. The van der Waals surface area contributed by atoms with Gasteiger partial charge in [0.05, 0.1) is 29.5 Å². The number of nitrogens with two attached hydrogens (primary N) is 2. The van der Waals surface area contributed by atoms with Gasteiger partial charge in [0.1, 0.15) is 41.1 Å². The molecule has 2 aliphatic heterocycles. The van der Waals surface area contributed by atoms with Crippen molar-refractivity contribution in [3.8, 4) is 5.75 Å². The second-order valence-corrected chi connectivity index (χ2v) is 25.1. The van der Waals surface area contributed by atoms with E-state index in [1.807, 2.05) is 103 Å². The number of carboxylic acids is 1. The van der Waals surface area contributed by atoms with Gasteiger partial charge in [-0.1, -0.05) is 111 Å². The summed E-state index contributed by atoms with van der Waals surface area (Å²) in [4.78, 5) is 92.0. The lowest BCUT2D eigenvalue weighted by Crippen LogP contribution is -2.58. The SMILES string of the molecule is CC[C@H](C)[C@H](NC(=O)[C@H](CCCN=C(N)NS(=O)(=O)c1c(C)c(C)c2c(c1C)CC(C)(C)O2)NC(=O)CNC(=O)[C@H](Cc1cn(C(c2ccccc2)(c2ccccc2)c2ccccc2Cl)cn1)NC(=O)[C@@H]1CCCN1)C(=O)N[C@@H](CCCCN)C(=O)O. The number of benzene rings is 4. The Bertz CT molecular complexity index is 3370. The number of nitrogens with zero attached hydrogens (tertiary/aromatic N) is 3. The number of aliphatic carboxylic acids is 1. The smallest absolute Gasteiger partial charge is 0.326 e. The molecule has 7 rings (SSSR count). The lowest BCUT2D eigenvalue weighted by molar-refractivity contribution is -0.143. The fourth-order valence-corrected chi connectivity index (χ4v) is 13.2. The molecule has 0 saturated carbocycles. The van der Waals surface area contributed by atoms with E-state index in [-0.39, 0.29) is 37.1 Å². The summed E-state index contributed by atoms with van der Waals surface area (Å²) in [5.41, 5.74) is 15.7. The fraction of sp³-hybridized carbons (Fsp3) is 0.460. The van der Waals surface area contributed by atoms with E-state index in [2.05, 4.69) is 41.6 Å². The number of rotatable bonds is 29. The number of aromatic nitrogens is 2. The number of hydrogen-bond donors (Lipinski definition) is 10. The molecule has 22 nitrogen and oxygen atoms in total. The molecule has 468 valence electrons. The van der Waals surface area contributed by atoms with Gasteiger partial charge in [0.25, 0.3) is 10.0 Å². The number of aliphatic imine (C=N–C) groups is 1. The molecule has 24 heteroatoms. The average molecular weight is 1240 g/mol. The number of guanidine groups is 1. The number of halogens is 1. The van der Waals surface area contributed by atoms with Crippen molar-refractivity contribution in [2.75, 3.05) is 26.2 Å². The highest BCUT2D eigenvalue weighted by Crippen LogP contribution is 2.45. The minimum atomic E-state index is -4.26. The normalized spacial score (nSPS) is 16.5. The van der Waals surface area contributed by atoms with Crippen LogP contribution in [0.4, 0.5) is 0 Å². The van der Waals surface area contributed by atoms with Crippen molar-refractivity contribution >= 4 is 63.1 Å². The highest BCUT2D eigenvalue weighted by Gasteiger charge is 2.41. The second-order valence-electron chi connectivity index (χ2n) is 23.1. The molecule has 6 atom stereocenters. The summed E-state index contributed by atoms with van der Waals surface area (Å²) in [5, 5.41) is 27.1. The Kier molecular flexibility index (Phi) is 22.8. The zero-order valence-corrected chi connectivity index (χ0v) is 52.1. The van der Waals surface area contributed by atoms with Crippen LogP contribution in [0, 0.1) is 26.7 Å². The maximum Gasteiger partial charge on any atom is 0.326 e. The standard InChI is InChI=1S/C63H83ClN12O10S/c1-8-38(2)53(59(81)72-50(60(82)83)27-17-18-30-65)74-58(80)49(29-20-32-68-61(66)75-87(84,85)55-40(4)39(3)54-45(41(55)5)34-62(6,7)86-54)71-52(77)35-69-56(78)51(73-57(79)48-28-19-31-67-48)33-44-36-76(37-70-44)63(42-21-11-9-12-22-42,43-23-13-10-14-24-43)46-25-15-16-26-47(46)64/h9-16,21-26,36-38,48-51,53,67H,8,17-20,27-35,65H2,1-7H3,(H,69,78)(H,71,77)(H,72,81)(H,73,79)(H,74,80)(H,82,83)(H3,66,68,75)/t38-,48-,49-,50-,51-,53-/m0/s1. The van der Waals surface area contributed by atoms with Crippen molar-refractivity contribution in [3.63, 3.8) is 0 Å². The number of nitrogens with one attached hydrogen (secondary N) is 7. The van der Waals surface area contributed by atoms with Gasteiger partial charge < -0.3 is 57.8 Å². The highest BCUT2D eigenvalue weighted by molar-refractivity contribution is 7.90. The van der Waals surface area contributed by atoms with Gasteiger partial charge in [0, 0.05) is 41.7 Å². The first kappa shape index (κ1) is 66.7. The van der Waals surface area contributed by atoms with Crippen LogP contribution in [0.2, 0.25) is 5.02 Å². The number of amides is 5. The third-order valence-corrected chi connectivity index (χ3v) is 18.2. The van der Waals surface area contributed by atoms with E-state index in [4.69, 9.17) is 32.8 Å². The summed E-state index contributed by atoms with van der Waals surface area (Å²) in [7, 11) is -4.26. The van der Waals surface area contributed by atoms with E-state index in [0.29, 0.717) is 78.4 Å². The number of carboxylic acid groups (broad SMARTS) is 1. The van der Waals surface area contributed by atoms with Gasteiger partial charge in [-0.25, -0.2) is 22.9 Å². The Morgan fingerprint density at radius 1 is 0.851 bits per heavy atom. The molecular formula is C63H83ClN12O10S. The van der Waals surface area contributed by atoms with E-state index in [1.54, 1.807) is 47.1 Å². The Balaban J connectivity index is 1.12. The van der Waals surface area contributed by atoms with Crippen LogP contribution < -0.4 is 52.8 Å². The summed E-state index contributed by atoms with van der Waals surface area (Å²) in [6, 6.07) is 21.4. The van der Waals surface area contributed by atoms with Crippen molar-refractivity contribution in [3.05, 3.63) is 147 Å². The van der Waals surface area contributed by atoms with Gasteiger partial charge in [-0.05, 0) is 132 Å². The molecule has 4 aromatic carbocycles. The van der Waals surface area contributed by atoms with Crippen LogP contribution >= 0.6 is 11.6 Å². The maximum atomic E-state index is 14.4. The highest BCUT2D eigenvalue weighted by atomic mass is 35.5. The fourth-order valence-electron chi connectivity index (χ4n) is 11.4. The molecule has 5 amide bonds. The molecule has 0 spiro atoms. The molecule has 2 aliphatic rings. The molecule has 12 N–H and O–H groups in total. The van der Waals surface area contributed by atoms with Crippen LogP contribution in [0.15, 0.2) is 107 Å². The van der Waals surface area contributed by atoms with Crippen molar-refractivity contribution in [2.24, 2.45) is 22.4 Å². The first-order chi connectivity index (χ1) is 41.4. The average Bonchev–Trinajstić information content (AvgIpc) is 1.88. The van der Waals surface area contributed by atoms with Gasteiger partial charge >= 0.3 is 5.97 Å². The first-order valence-electron chi connectivity index (χ1n) is 29.6. The predicted octanol–water partition coefficient (Wildman–Crippen LogP) is 4.70. The summed E-state index contributed by atoms with van der Waals surface area (Å²) < 4.78 is 38.4. The van der Waals surface area contributed by atoms with Crippen molar-refractivity contribution in [1.29, 1.82) is 0 Å². The molecule has 87 heavy (non-hydrogen) atoms. The number of sulfonamides is 1. The number of fused-ring (bicyclic) bond motifs is 1. The van der Waals surface area contributed by atoms with Crippen LogP contribution in [0.1, 0.15) is 124 Å². The zero-order valence-electron chi connectivity index (χ0n) is 50.5. The van der Waals surface area contributed by atoms with Crippen molar-refractivity contribution < 1.29 is 47.0 Å². The van der Waals surface area contributed by atoms with Gasteiger partial charge in [0.2, 0.25) is 35.5 Å². The summed E-state index contributed by atoms with van der Waals surface area (Å²) >= 11 is 7.06. The quantitative estimate of drug-likeness (QED) is 0.0134. The zero-order chi connectivity index (χ0) is 63.2. The number of unbranched alkanes of at least 4 members (excludes halogenated alkanes) is 1. The molecule has 1 aromatic heterocycles. The topological polar surface area (TPSA) is 332 Å². The summed E-state index contributed by atoms with van der Waals surface area (Å²) in [6.07, 6.45) is 6.51. The number of carbonyl (C=O) groups is 6. The Hall–Kier alpha value is -7.86. The molecule has 0 bridgehead atoms. The minimum Gasteiger partial charge on any atom is -0.487 e. The van der Waals surface area contributed by atoms with E-state index < -0.39 is 105 Å². The molecular weight excluding hydrogens is 1150 g/mol. The summed E-state index contributed by atoms with van der Waals surface area (Å²) in [5.74, 6) is -5.06. The lowest BCUT2D eigenvalue weighted by Gasteiger charge is -2.37. The molecule has 5 aromatic rings. The number of imidazole rings is 1.